The van der Waals surface area contributed by atoms with Crippen molar-refractivity contribution in [2.75, 3.05) is 5.32 Å². The van der Waals surface area contributed by atoms with E-state index in [-0.39, 0.29) is 11.9 Å². The Morgan fingerprint density at radius 2 is 1.92 bits per heavy atom. The molecule has 0 saturated carbocycles. The molecule has 0 aliphatic heterocycles. The van der Waals surface area contributed by atoms with Crippen LogP contribution in [0.2, 0.25) is 0 Å². The number of carbonyl (C=O) groups is 1. The number of aryl methyl sites for hydroxylation is 1. The zero-order valence-electron chi connectivity index (χ0n) is 13.1. The summed E-state index contributed by atoms with van der Waals surface area (Å²) in [5.74, 6) is -0.115. The number of hydrogen-bond donors (Lipinski definition) is 1. The van der Waals surface area contributed by atoms with Crippen molar-refractivity contribution < 1.29 is 9.18 Å². The van der Waals surface area contributed by atoms with Crippen LogP contribution in [0, 0.1) is 5.82 Å². The smallest absolute Gasteiger partial charge is 0.258 e. The van der Waals surface area contributed by atoms with Crippen LogP contribution in [0.25, 0.3) is 17.0 Å². The van der Waals surface area contributed by atoms with Crippen LogP contribution in [0.4, 0.5) is 10.3 Å². The lowest BCUT2D eigenvalue weighted by atomic mass is 10.1. The number of anilines is 1. The van der Waals surface area contributed by atoms with Gasteiger partial charge >= 0.3 is 0 Å². The second-order valence-corrected chi connectivity index (χ2v) is 5.36. The van der Waals surface area contributed by atoms with Gasteiger partial charge in [-0.1, -0.05) is 12.1 Å². The van der Waals surface area contributed by atoms with Crippen LogP contribution in [0.3, 0.4) is 0 Å². The van der Waals surface area contributed by atoms with Crippen molar-refractivity contribution in [3.63, 3.8) is 0 Å². The first-order valence-corrected chi connectivity index (χ1v) is 7.38. The number of carbonyl (C=O) groups excluding carboxylic acids is 1. The van der Waals surface area contributed by atoms with Gasteiger partial charge in [-0.25, -0.2) is 13.9 Å². The average Bonchev–Trinajstić information content (AvgIpc) is 3.20. The molecule has 8 nitrogen and oxygen atoms in total. The lowest BCUT2D eigenvalue weighted by Gasteiger charge is -2.02. The van der Waals surface area contributed by atoms with Crippen LogP contribution in [-0.4, -0.2) is 35.3 Å². The molecule has 0 aliphatic rings. The van der Waals surface area contributed by atoms with E-state index in [9.17, 15) is 9.18 Å². The highest BCUT2D eigenvalue weighted by molar-refractivity contribution is 6.03. The van der Waals surface area contributed by atoms with Crippen molar-refractivity contribution in [2.24, 2.45) is 7.05 Å². The summed E-state index contributed by atoms with van der Waals surface area (Å²) in [6, 6.07) is 9.60. The van der Waals surface area contributed by atoms with E-state index in [1.54, 1.807) is 42.3 Å². The number of hydrogen-bond acceptors (Lipinski definition) is 5. The van der Waals surface area contributed by atoms with Gasteiger partial charge in [-0.2, -0.15) is 10.1 Å². The summed E-state index contributed by atoms with van der Waals surface area (Å²) in [6.07, 6.45) is 2.79. The number of benzene rings is 1. The Bertz CT molecular complexity index is 1070. The molecule has 3 heterocycles. The molecule has 3 aromatic heterocycles. The van der Waals surface area contributed by atoms with E-state index < -0.39 is 5.82 Å². The van der Waals surface area contributed by atoms with Gasteiger partial charge in [0.05, 0.1) is 6.20 Å². The number of pyridine rings is 1. The summed E-state index contributed by atoms with van der Waals surface area (Å²) in [7, 11) is 1.78. The fourth-order valence-electron chi connectivity index (χ4n) is 2.33. The molecule has 0 aliphatic carbocycles. The van der Waals surface area contributed by atoms with Crippen molar-refractivity contribution in [3.05, 3.63) is 60.3 Å². The Morgan fingerprint density at radius 1 is 1.12 bits per heavy atom. The van der Waals surface area contributed by atoms with E-state index in [2.05, 4.69) is 25.5 Å². The molecule has 25 heavy (non-hydrogen) atoms. The molecule has 0 unspecified atom stereocenters. The predicted molar refractivity (Wildman–Crippen MR) is 87.3 cm³/mol. The SMILES string of the molecule is Cn1cnc(-c2ccc(C(=O)Nc3nc4ccc(F)cn4n3)cc2)n1. The lowest BCUT2D eigenvalue weighted by Crippen LogP contribution is -2.13. The van der Waals surface area contributed by atoms with Crippen molar-refractivity contribution in [2.45, 2.75) is 0 Å². The third kappa shape index (κ3) is 2.94. The summed E-state index contributed by atoms with van der Waals surface area (Å²) in [6.45, 7) is 0. The van der Waals surface area contributed by atoms with Crippen LogP contribution >= 0.6 is 0 Å². The summed E-state index contributed by atoms with van der Waals surface area (Å²) in [5, 5.41) is 10.8. The van der Waals surface area contributed by atoms with Gasteiger partial charge in [0.25, 0.3) is 5.91 Å². The van der Waals surface area contributed by atoms with Gasteiger partial charge in [-0.3, -0.25) is 14.8 Å². The molecular weight excluding hydrogens is 325 g/mol. The van der Waals surface area contributed by atoms with Gasteiger partial charge in [-0.15, -0.1) is 5.10 Å². The number of nitrogens with one attached hydrogen (secondary N) is 1. The fourth-order valence-corrected chi connectivity index (χ4v) is 2.33. The summed E-state index contributed by atoms with van der Waals surface area (Å²) >= 11 is 0. The van der Waals surface area contributed by atoms with E-state index in [1.165, 1.54) is 22.8 Å². The van der Waals surface area contributed by atoms with Gasteiger partial charge in [0, 0.05) is 18.2 Å². The molecule has 9 heteroatoms. The lowest BCUT2D eigenvalue weighted by molar-refractivity contribution is 0.102. The molecule has 0 spiro atoms. The quantitative estimate of drug-likeness (QED) is 0.617. The Balaban J connectivity index is 1.53. The summed E-state index contributed by atoms with van der Waals surface area (Å²) in [4.78, 5) is 20.6. The second-order valence-electron chi connectivity index (χ2n) is 5.36. The second kappa shape index (κ2) is 5.78. The summed E-state index contributed by atoms with van der Waals surface area (Å²) in [5.41, 5.74) is 1.68. The number of amides is 1. The summed E-state index contributed by atoms with van der Waals surface area (Å²) < 4.78 is 16.0. The molecule has 0 atom stereocenters. The average molecular weight is 337 g/mol. The van der Waals surface area contributed by atoms with Gasteiger partial charge in [0.15, 0.2) is 11.5 Å². The maximum atomic E-state index is 13.2. The molecule has 0 fully saturated rings. The largest absolute Gasteiger partial charge is 0.289 e. The molecule has 4 aromatic rings. The van der Waals surface area contributed by atoms with Crippen LogP contribution in [-0.2, 0) is 7.05 Å². The number of aromatic nitrogens is 6. The van der Waals surface area contributed by atoms with E-state index in [1.807, 2.05) is 0 Å². The van der Waals surface area contributed by atoms with Gasteiger partial charge in [0.2, 0.25) is 5.95 Å². The van der Waals surface area contributed by atoms with Crippen LogP contribution in [0.1, 0.15) is 10.4 Å². The highest BCUT2D eigenvalue weighted by Crippen LogP contribution is 2.16. The maximum Gasteiger partial charge on any atom is 0.258 e. The van der Waals surface area contributed by atoms with E-state index >= 15 is 0 Å². The molecule has 0 saturated heterocycles. The monoisotopic (exact) mass is 337 g/mol. The van der Waals surface area contributed by atoms with E-state index in [0.717, 1.165) is 5.56 Å². The normalized spacial score (nSPS) is 11.0. The number of rotatable bonds is 3. The van der Waals surface area contributed by atoms with E-state index in [0.29, 0.717) is 17.0 Å². The number of fused-ring (bicyclic) bond motifs is 1. The third-order valence-corrected chi connectivity index (χ3v) is 3.53. The predicted octanol–water partition coefficient (Wildman–Crippen LogP) is 1.92. The number of nitrogens with zero attached hydrogens (tertiary/aromatic N) is 6. The maximum absolute atomic E-state index is 13.2. The highest BCUT2D eigenvalue weighted by atomic mass is 19.1. The number of halogens is 1. The molecule has 1 aromatic carbocycles. The highest BCUT2D eigenvalue weighted by Gasteiger charge is 2.11. The minimum Gasteiger partial charge on any atom is -0.289 e. The Labute approximate surface area is 141 Å². The standard InChI is InChI=1S/C16H12FN7O/c1-23-9-18-14(21-23)10-2-4-11(5-3-10)15(25)20-16-19-13-7-6-12(17)8-24(13)22-16/h2-9H,1H3,(H,20,22,25). The van der Waals surface area contributed by atoms with Crippen LogP contribution in [0.5, 0.6) is 0 Å². The first-order valence-electron chi connectivity index (χ1n) is 7.38. The minimum absolute atomic E-state index is 0.103. The van der Waals surface area contributed by atoms with Gasteiger partial charge in [0.1, 0.15) is 12.1 Å². The van der Waals surface area contributed by atoms with Crippen LogP contribution in [0.15, 0.2) is 48.9 Å². The van der Waals surface area contributed by atoms with Crippen molar-refractivity contribution in [1.82, 2.24) is 29.4 Å². The zero-order valence-corrected chi connectivity index (χ0v) is 13.1. The first kappa shape index (κ1) is 14.9. The Kier molecular flexibility index (Phi) is 3.46. The molecular formula is C16H12FN7O. The Hall–Kier alpha value is -3.62. The molecule has 0 radical (unpaired) electrons. The zero-order chi connectivity index (χ0) is 17.4. The topological polar surface area (TPSA) is 90.0 Å². The molecule has 4 rings (SSSR count). The van der Waals surface area contributed by atoms with Gasteiger partial charge < -0.3 is 0 Å². The van der Waals surface area contributed by atoms with Crippen molar-refractivity contribution in [3.8, 4) is 11.4 Å². The van der Waals surface area contributed by atoms with Crippen molar-refractivity contribution in [1.29, 1.82) is 0 Å². The minimum atomic E-state index is -0.436. The van der Waals surface area contributed by atoms with Crippen LogP contribution < -0.4 is 5.32 Å². The fraction of sp³-hybridized carbons (Fsp3) is 0.0625. The van der Waals surface area contributed by atoms with Crippen molar-refractivity contribution >= 4 is 17.5 Å². The van der Waals surface area contributed by atoms with Gasteiger partial charge in [-0.05, 0) is 24.3 Å². The third-order valence-electron chi connectivity index (χ3n) is 3.53. The Morgan fingerprint density at radius 3 is 2.64 bits per heavy atom. The molecule has 1 N–H and O–H groups in total. The molecule has 1 amide bonds. The molecule has 0 bridgehead atoms. The first-order chi connectivity index (χ1) is 12.1. The van der Waals surface area contributed by atoms with E-state index in [4.69, 9.17) is 0 Å². The molecule has 124 valence electrons.